The minimum atomic E-state index is -0.141. The van der Waals surface area contributed by atoms with Crippen LogP contribution in [0.3, 0.4) is 0 Å². The molecule has 0 amide bonds. The predicted octanol–water partition coefficient (Wildman–Crippen LogP) is 3.91. The van der Waals surface area contributed by atoms with E-state index in [2.05, 4.69) is 0 Å². The molecule has 0 unspecified atom stereocenters. The van der Waals surface area contributed by atoms with E-state index in [1.807, 2.05) is 18.2 Å². The van der Waals surface area contributed by atoms with Gasteiger partial charge in [0.05, 0.1) is 0 Å². The van der Waals surface area contributed by atoms with Gasteiger partial charge < -0.3 is 18.9 Å². The van der Waals surface area contributed by atoms with Crippen LogP contribution in [0.5, 0.6) is 11.5 Å². The van der Waals surface area contributed by atoms with Gasteiger partial charge in [-0.25, -0.2) is 0 Å². The zero-order chi connectivity index (χ0) is 19.6. The fourth-order valence-corrected chi connectivity index (χ4v) is 3.27. The van der Waals surface area contributed by atoms with E-state index in [4.69, 9.17) is 18.9 Å². The summed E-state index contributed by atoms with van der Waals surface area (Å²) in [4.78, 5) is 23.3. The normalized spacial score (nSPS) is 16.6. The van der Waals surface area contributed by atoms with Crippen molar-refractivity contribution < 1.29 is 28.5 Å². The summed E-state index contributed by atoms with van der Waals surface area (Å²) in [6.45, 7) is 1.10. The van der Waals surface area contributed by atoms with Crippen molar-refractivity contribution in [2.75, 3.05) is 26.4 Å². The molecule has 154 valence electrons. The average Bonchev–Trinajstić information content (AvgIpc) is 2.62. The van der Waals surface area contributed by atoms with Crippen molar-refractivity contribution >= 4 is 11.9 Å². The molecule has 1 aromatic rings. The van der Waals surface area contributed by atoms with Crippen LogP contribution in [-0.4, -0.2) is 38.4 Å². The second-order valence-electron chi connectivity index (χ2n) is 7.61. The smallest absolute Gasteiger partial charge is 0.306 e. The van der Waals surface area contributed by atoms with Crippen molar-refractivity contribution in [2.24, 2.45) is 11.8 Å². The van der Waals surface area contributed by atoms with E-state index in [1.165, 1.54) is 12.8 Å². The molecule has 1 aromatic carbocycles. The van der Waals surface area contributed by atoms with Gasteiger partial charge in [0.1, 0.15) is 37.9 Å². The molecule has 0 spiro atoms. The first-order chi connectivity index (χ1) is 13.7. The van der Waals surface area contributed by atoms with Gasteiger partial charge in [0.15, 0.2) is 0 Å². The summed E-state index contributed by atoms with van der Waals surface area (Å²) >= 11 is 0. The van der Waals surface area contributed by atoms with Crippen molar-refractivity contribution in [3.05, 3.63) is 24.3 Å². The molecule has 3 rings (SSSR count). The molecule has 2 saturated carbocycles. The van der Waals surface area contributed by atoms with Gasteiger partial charge in [0, 0.05) is 18.9 Å². The first kappa shape index (κ1) is 20.5. The van der Waals surface area contributed by atoms with E-state index in [1.54, 1.807) is 6.07 Å². The zero-order valence-electron chi connectivity index (χ0n) is 16.4. The van der Waals surface area contributed by atoms with Crippen molar-refractivity contribution in [2.45, 2.75) is 51.4 Å². The van der Waals surface area contributed by atoms with Gasteiger partial charge in [0.2, 0.25) is 0 Å². The number of benzene rings is 1. The maximum absolute atomic E-state index is 11.7. The molecule has 2 aliphatic rings. The molecule has 6 nitrogen and oxygen atoms in total. The van der Waals surface area contributed by atoms with Crippen molar-refractivity contribution in [1.82, 2.24) is 0 Å². The third kappa shape index (κ3) is 7.06. The first-order valence-corrected chi connectivity index (χ1v) is 10.4. The summed E-state index contributed by atoms with van der Waals surface area (Å²) in [7, 11) is 0. The Morgan fingerprint density at radius 2 is 1.21 bits per heavy atom. The SMILES string of the molecule is O=C(CC1CCC1)OCCOc1cccc(OCCOC(=O)CC2CCC2)c1. The Morgan fingerprint density at radius 3 is 1.61 bits per heavy atom. The van der Waals surface area contributed by atoms with Crippen LogP contribution in [0.25, 0.3) is 0 Å². The van der Waals surface area contributed by atoms with E-state index >= 15 is 0 Å². The van der Waals surface area contributed by atoms with Crippen LogP contribution in [0.4, 0.5) is 0 Å². The number of hydrogen-bond donors (Lipinski definition) is 0. The fourth-order valence-electron chi connectivity index (χ4n) is 3.27. The van der Waals surface area contributed by atoms with Gasteiger partial charge >= 0.3 is 11.9 Å². The van der Waals surface area contributed by atoms with Crippen LogP contribution in [0, 0.1) is 11.8 Å². The Hall–Kier alpha value is -2.24. The fraction of sp³-hybridized carbons (Fsp3) is 0.636. The Labute approximate surface area is 166 Å². The number of rotatable bonds is 12. The highest BCUT2D eigenvalue weighted by molar-refractivity contribution is 5.70. The van der Waals surface area contributed by atoms with E-state index in [9.17, 15) is 9.59 Å². The Balaban J connectivity index is 1.25. The maximum atomic E-state index is 11.7. The summed E-state index contributed by atoms with van der Waals surface area (Å²) in [5.41, 5.74) is 0. The van der Waals surface area contributed by atoms with Gasteiger partial charge in [-0.15, -0.1) is 0 Å². The zero-order valence-corrected chi connectivity index (χ0v) is 16.4. The lowest BCUT2D eigenvalue weighted by molar-refractivity contribution is -0.147. The Kier molecular flexibility index (Phi) is 8.00. The molecule has 2 fully saturated rings. The topological polar surface area (TPSA) is 71.1 Å². The summed E-state index contributed by atoms with van der Waals surface area (Å²) in [6.07, 6.45) is 8.04. The third-order valence-electron chi connectivity index (χ3n) is 5.40. The molecule has 0 saturated heterocycles. The molecule has 0 atom stereocenters. The van der Waals surface area contributed by atoms with E-state index in [0.29, 0.717) is 49.4 Å². The van der Waals surface area contributed by atoms with Crippen molar-refractivity contribution in [3.63, 3.8) is 0 Å². The quantitative estimate of drug-likeness (QED) is 0.398. The van der Waals surface area contributed by atoms with Gasteiger partial charge in [-0.2, -0.15) is 0 Å². The van der Waals surface area contributed by atoms with E-state index < -0.39 is 0 Å². The van der Waals surface area contributed by atoms with E-state index in [0.717, 1.165) is 25.7 Å². The van der Waals surface area contributed by atoms with Gasteiger partial charge in [-0.05, 0) is 49.7 Å². The van der Waals surface area contributed by atoms with Gasteiger partial charge in [-0.3, -0.25) is 9.59 Å². The lowest BCUT2D eigenvalue weighted by Gasteiger charge is -2.23. The highest BCUT2D eigenvalue weighted by atomic mass is 16.6. The summed E-state index contributed by atoms with van der Waals surface area (Å²) in [5, 5.41) is 0. The van der Waals surface area contributed by atoms with E-state index in [-0.39, 0.29) is 25.2 Å². The first-order valence-electron chi connectivity index (χ1n) is 10.4. The van der Waals surface area contributed by atoms with Crippen LogP contribution in [0.15, 0.2) is 24.3 Å². The highest BCUT2D eigenvalue weighted by Gasteiger charge is 2.22. The molecular formula is C22H30O6. The van der Waals surface area contributed by atoms with Crippen LogP contribution < -0.4 is 9.47 Å². The van der Waals surface area contributed by atoms with Crippen LogP contribution in [0.2, 0.25) is 0 Å². The Bertz CT molecular complexity index is 584. The molecule has 0 heterocycles. The number of carbonyl (C=O) groups is 2. The molecule has 0 N–H and O–H groups in total. The summed E-state index contributed by atoms with van der Waals surface area (Å²) in [5.74, 6) is 2.04. The monoisotopic (exact) mass is 390 g/mol. The second kappa shape index (κ2) is 10.9. The third-order valence-corrected chi connectivity index (χ3v) is 5.40. The molecule has 0 bridgehead atoms. The number of carbonyl (C=O) groups excluding carboxylic acids is 2. The van der Waals surface area contributed by atoms with Crippen molar-refractivity contribution in [1.29, 1.82) is 0 Å². The molecular weight excluding hydrogens is 360 g/mol. The number of hydrogen-bond acceptors (Lipinski definition) is 6. The Morgan fingerprint density at radius 1 is 0.750 bits per heavy atom. The lowest BCUT2D eigenvalue weighted by atomic mass is 9.83. The number of esters is 2. The maximum Gasteiger partial charge on any atom is 0.306 e. The summed E-state index contributed by atoms with van der Waals surface area (Å²) in [6, 6.07) is 7.24. The molecule has 6 heteroatoms. The number of ether oxygens (including phenoxy) is 4. The van der Waals surface area contributed by atoms with Crippen molar-refractivity contribution in [3.8, 4) is 11.5 Å². The van der Waals surface area contributed by atoms with Crippen LogP contribution >= 0.6 is 0 Å². The van der Waals surface area contributed by atoms with Gasteiger partial charge in [-0.1, -0.05) is 18.9 Å². The van der Waals surface area contributed by atoms with Crippen LogP contribution in [-0.2, 0) is 19.1 Å². The minimum absolute atomic E-state index is 0.141. The minimum Gasteiger partial charge on any atom is -0.490 e. The highest BCUT2D eigenvalue weighted by Crippen LogP contribution is 2.30. The summed E-state index contributed by atoms with van der Waals surface area (Å²) < 4.78 is 21.6. The molecule has 0 radical (unpaired) electrons. The molecule has 2 aliphatic carbocycles. The largest absolute Gasteiger partial charge is 0.490 e. The lowest BCUT2D eigenvalue weighted by Crippen LogP contribution is -2.19. The molecule has 0 aromatic heterocycles. The van der Waals surface area contributed by atoms with Crippen LogP contribution in [0.1, 0.15) is 51.4 Å². The average molecular weight is 390 g/mol. The molecule has 0 aliphatic heterocycles. The molecule has 28 heavy (non-hydrogen) atoms. The standard InChI is InChI=1S/C22H30O6/c23-21(14-17-4-1-5-17)27-12-10-25-19-8-3-9-20(16-19)26-11-13-28-22(24)15-18-6-2-7-18/h3,8-9,16-18H,1-2,4-7,10-15H2. The second-order valence-corrected chi connectivity index (χ2v) is 7.61. The predicted molar refractivity (Wildman–Crippen MR) is 103 cm³/mol. The van der Waals surface area contributed by atoms with Gasteiger partial charge in [0.25, 0.3) is 0 Å².